The summed E-state index contributed by atoms with van der Waals surface area (Å²) in [5.41, 5.74) is 5.36. The number of rotatable bonds is 3. The van der Waals surface area contributed by atoms with Crippen LogP contribution in [0, 0.1) is 20.8 Å². The van der Waals surface area contributed by atoms with Gasteiger partial charge in [-0.2, -0.15) is 0 Å². The van der Waals surface area contributed by atoms with Crippen molar-refractivity contribution < 1.29 is 4.79 Å². The number of hydrogen-bond acceptors (Lipinski definition) is 3. The van der Waals surface area contributed by atoms with E-state index in [1.54, 1.807) is 54.4 Å². The summed E-state index contributed by atoms with van der Waals surface area (Å²) in [6, 6.07) is 10.2. The fourth-order valence-corrected chi connectivity index (χ4v) is 4.43. The molecule has 6 nitrogen and oxygen atoms in total. The SMILES string of the molecule is Cc1cc(C)c2c(c1)c(C)cc(=O)n2C(C)C(=O)c1ccc2c(c1)n(C)c(=O)n2C. The smallest absolute Gasteiger partial charge is 0.297 e. The number of ketones is 1. The predicted molar refractivity (Wildman–Crippen MR) is 120 cm³/mol. The monoisotopic (exact) mass is 403 g/mol. The molecule has 154 valence electrons. The molecule has 0 fully saturated rings. The molecule has 0 saturated heterocycles. The van der Waals surface area contributed by atoms with Crippen LogP contribution < -0.4 is 11.2 Å². The Bertz CT molecular complexity index is 1470. The van der Waals surface area contributed by atoms with Gasteiger partial charge in [0.1, 0.15) is 0 Å². The first kappa shape index (κ1) is 19.9. The summed E-state index contributed by atoms with van der Waals surface area (Å²) < 4.78 is 4.67. The standard InChI is InChI=1S/C24H25N3O3/c1-13-9-15(3)22-18(10-13)14(2)11-21(28)27(22)16(4)23(29)17-7-8-19-20(12-17)26(6)24(30)25(19)5/h7-12,16H,1-6H3. The lowest BCUT2D eigenvalue weighted by Gasteiger charge is -2.20. The van der Waals surface area contributed by atoms with Gasteiger partial charge in [-0.3, -0.25) is 23.3 Å². The summed E-state index contributed by atoms with van der Waals surface area (Å²) in [6.07, 6.45) is 0. The topological polar surface area (TPSA) is 66.0 Å². The molecule has 1 unspecified atom stereocenters. The highest BCUT2D eigenvalue weighted by Gasteiger charge is 2.22. The summed E-state index contributed by atoms with van der Waals surface area (Å²) in [4.78, 5) is 38.5. The molecule has 0 amide bonds. The molecule has 4 rings (SSSR count). The van der Waals surface area contributed by atoms with Crippen molar-refractivity contribution >= 4 is 27.7 Å². The van der Waals surface area contributed by atoms with Crippen molar-refractivity contribution in [3.05, 3.63) is 79.5 Å². The van der Waals surface area contributed by atoms with Gasteiger partial charge in [-0.05, 0) is 63.1 Å². The Balaban J connectivity index is 1.91. The zero-order valence-electron chi connectivity index (χ0n) is 18.1. The number of aromatic nitrogens is 3. The fourth-order valence-electron chi connectivity index (χ4n) is 4.43. The Labute approximate surface area is 174 Å². The number of aryl methyl sites for hydroxylation is 5. The van der Waals surface area contributed by atoms with E-state index in [0.29, 0.717) is 11.1 Å². The van der Waals surface area contributed by atoms with Gasteiger partial charge in [-0.1, -0.05) is 11.6 Å². The Kier molecular flexibility index (Phi) is 4.53. The first-order chi connectivity index (χ1) is 14.1. The molecule has 6 heteroatoms. The molecule has 4 aromatic rings. The van der Waals surface area contributed by atoms with Gasteiger partial charge in [0.25, 0.3) is 5.56 Å². The molecule has 0 aliphatic heterocycles. The number of carbonyl (C=O) groups is 1. The lowest BCUT2D eigenvalue weighted by Crippen LogP contribution is -2.29. The van der Waals surface area contributed by atoms with Crippen LogP contribution in [-0.4, -0.2) is 19.5 Å². The van der Waals surface area contributed by atoms with Crippen molar-refractivity contribution in [1.82, 2.24) is 13.7 Å². The van der Waals surface area contributed by atoms with E-state index in [2.05, 4.69) is 6.07 Å². The van der Waals surface area contributed by atoms with Crippen molar-refractivity contribution in [1.29, 1.82) is 0 Å². The number of imidazole rings is 1. The lowest BCUT2D eigenvalue weighted by atomic mass is 10.00. The van der Waals surface area contributed by atoms with Crippen LogP contribution in [0.3, 0.4) is 0 Å². The molecule has 2 aromatic heterocycles. The Hall–Kier alpha value is -3.41. The number of benzene rings is 2. The van der Waals surface area contributed by atoms with E-state index in [4.69, 9.17) is 0 Å². The van der Waals surface area contributed by atoms with E-state index in [0.717, 1.165) is 33.1 Å². The minimum Gasteiger partial charge on any atom is -0.297 e. The molecular formula is C24H25N3O3. The lowest BCUT2D eigenvalue weighted by molar-refractivity contribution is 0.0935. The van der Waals surface area contributed by atoms with E-state index in [1.807, 2.05) is 26.8 Å². The average molecular weight is 403 g/mol. The third-order valence-corrected chi connectivity index (χ3v) is 6.01. The van der Waals surface area contributed by atoms with Crippen molar-refractivity contribution in [2.45, 2.75) is 33.7 Å². The third-order valence-electron chi connectivity index (χ3n) is 6.01. The molecule has 2 heterocycles. The maximum absolute atomic E-state index is 13.4. The number of fused-ring (bicyclic) bond motifs is 2. The highest BCUT2D eigenvalue weighted by atomic mass is 16.2. The van der Waals surface area contributed by atoms with Crippen LogP contribution in [0.1, 0.15) is 40.0 Å². The van der Waals surface area contributed by atoms with Crippen molar-refractivity contribution in [2.75, 3.05) is 0 Å². The molecule has 0 radical (unpaired) electrons. The number of nitrogens with zero attached hydrogens (tertiary/aromatic N) is 3. The van der Waals surface area contributed by atoms with Gasteiger partial charge in [0.05, 0.1) is 22.6 Å². The molecule has 0 N–H and O–H groups in total. The van der Waals surface area contributed by atoms with Crippen LogP contribution in [0.15, 0.2) is 46.0 Å². The van der Waals surface area contributed by atoms with Crippen molar-refractivity contribution in [2.24, 2.45) is 14.1 Å². The highest BCUT2D eigenvalue weighted by Crippen LogP contribution is 2.26. The molecule has 2 aromatic carbocycles. The van der Waals surface area contributed by atoms with E-state index in [-0.39, 0.29) is 17.0 Å². The van der Waals surface area contributed by atoms with Crippen LogP contribution in [0.5, 0.6) is 0 Å². The van der Waals surface area contributed by atoms with Gasteiger partial charge in [0.15, 0.2) is 5.78 Å². The number of hydrogen-bond donors (Lipinski definition) is 0. The number of carbonyl (C=O) groups excluding carboxylic acids is 1. The molecule has 0 spiro atoms. The quantitative estimate of drug-likeness (QED) is 0.491. The second kappa shape index (κ2) is 6.83. The van der Waals surface area contributed by atoms with Gasteiger partial charge in [0.2, 0.25) is 0 Å². The van der Waals surface area contributed by atoms with Crippen LogP contribution in [0.4, 0.5) is 0 Å². The van der Waals surface area contributed by atoms with E-state index in [9.17, 15) is 14.4 Å². The van der Waals surface area contributed by atoms with Crippen LogP contribution in [-0.2, 0) is 14.1 Å². The van der Waals surface area contributed by atoms with Gasteiger partial charge < -0.3 is 0 Å². The Morgan fingerprint density at radius 3 is 2.23 bits per heavy atom. The van der Waals surface area contributed by atoms with Gasteiger partial charge in [-0.25, -0.2) is 4.79 Å². The van der Waals surface area contributed by atoms with Gasteiger partial charge in [0, 0.05) is 31.1 Å². The molecule has 1 atom stereocenters. The zero-order chi connectivity index (χ0) is 21.9. The first-order valence-electron chi connectivity index (χ1n) is 9.94. The minimum absolute atomic E-state index is 0.144. The Morgan fingerprint density at radius 2 is 1.53 bits per heavy atom. The first-order valence-corrected chi connectivity index (χ1v) is 9.94. The van der Waals surface area contributed by atoms with Crippen LogP contribution in [0.2, 0.25) is 0 Å². The van der Waals surface area contributed by atoms with E-state index in [1.165, 1.54) is 4.57 Å². The maximum atomic E-state index is 13.4. The molecule has 0 aliphatic rings. The largest absolute Gasteiger partial charge is 0.328 e. The fraction of sp³-hybridized carbons (Fsp3) is 0.292. The zero-order valence-corrected chi connectivity index (χ0v) is 18.1. The van der Waals surface area contributed by atoms with Crippen LogP contribution in [0.25, 0.3) is 21.9 Å². The molecule has 30 heavy (non-hydrogen) atoms. The van der Waals surface area contributed by atoms with E-state index < -0.39 is 6.04 Å². The molecule has 0 bridgehead atoms. The average Bonchev–Trinajstić information content (AvgIpc) is 2.91. The van der Waals surface area contributed by atoms with Crippen LogP contribution >= 0.6 is 0 Å². The summed E-state index contributed by atoms with van der Waals surface area (Å²) in [6.45, 7) is 7.66. The van der Waals surface area contributed by atoms with Crippen molar-refractivity contribution in [3.8, 4) is 0 Å². The minimum atomic E-state index is -0.680. The second-order valence-electron chi connectivity index (χ2n) is 8.16. The third kappa shape index (κ3) is 2.83. The number of pyridine rings is 1. The summed E-state index contributed by atoms with van der Waals surface area (Å²) in [7, 11) is 3.39. The summed E-state index contributed by atoms with van der Waals surface area (Å²) >= 11 is 0. The van der Waals surface area contributed by atoms with Gasteiger partial charge in [-0.15, -0.1) is 0 Å². The molecule has 0 aliphatic carbocycles. The van der Waals surface area contributed by atoms with Crippen molar-refractivity contribution in [3.63, 3.8) is 0 Å². The Morgan fingerprint density at radius 1 is 0.867 bits per heavy atom. The highest BCUT2D eigenvalue weighted by molar-refractivity contribution is 6.02. The maximum Gasteiger partial charge on any atom is 0.328 e. The summed E-state index contributed by atoms with van der Waals surface area (Å²) in [5, 5.41) is 0.979. The predicted octanol–water partition coefficient (Wildman–Crippen LogP) is 3.56. The second-order valence-corrected chi connectivity index (χ2v) is 8.16. The molecular weight excluding hydrogens is 378 g/mol. The summed E-state index contributed by atoms with van der Waals surface area (Å²) in [5.74, 6) is -0.166. The van der Waals surface area contributed by atoms with E-state index >= 15 is 0 Å². The van der Waals surface area contributed by atoms with Gasteiger partial charge >= 0.3 is 5.69 Å². The normalized spacial score (nSPS) is 12.6. The number of Topliss-reactive ketones (excluding diaryl/α,β-unsaturated/α-hetero) is 1. The molecule has 0 saturated carbocycles.